The van der Waals surface area contributed by atoms with Crippen molar-refractivity contribution in [2.75, 3.05) is 26.7 Å². The first-order chi connectivity index (χ1) is 8.93. The maximum atomic E-state index is 12.6. The molecular weight excluding hydrogens is 264 g/mol. The average molecular weight is 284 g/mol. The first kappa shape index (κ1) is 14.3. The highest BCUT2D eigenvalue weighted by Gasteiger charge is 2.39. The zero-order valence-corrected chi connectivity index (χ0v) is 12.1. The molecule has 1 heterocycles. The molecule has 0 bridgehead atoms. The van der Waals surface area contributed by atoms with E-state index in [1.54, 1.807) is 24.3 Å². The first-order valence-electron chi connectivity index (χ1n) is 6.26. The average Bonchev–Trinajstić information content (AvgIpc) is 2.83. The fourth-order valence-corrected chi connectivity index (χ4v) is 4.07. The fraction of sp³-hybridized carbons (Fsp3) is 0.538. The van der Waals surface area contributed by atoms with Crippen LogP contribution < -0.4 is 10.5 Å². The lowest BCUT2D eigenvalue weighted by molar-refractivity contribution is 0.348. The summed E-state index contributed by atoms with van der Waals surface area (Å²) in [4.78, 5) is 0.221. The summed E-state index contributed by atoms with van der Waals surface area (Å²) in [5.74, 6) is 0.379. The number of methoxy groups -OCH3 is 1. The molecule has 0 amide bonds. The van der Waals surface area contributed by atoms with Crippen molar-refractivity contribution in [3.05, 3.63) is 24.3 Å². The molecule has 1 aliphatic heterocycles. The Kier molecular flexibility index (Phi) is 3.85. The number of benzene rings is 1. The van der Waals surface area contributed by atoms with Gasteiger partial charge in [0.25, 0.3) is 0 Å². The van der Waals surface area contributed by atoms with Crippen LogP contribution in [0.25, 0.3) is 0 Å². The molecule has 1 unspecified atom stereocenters. The molecule has 2 N–H and O–H groups in total. The third kappa shape index (κ3) is 2.61. The van der Waals surface area contributed by atoms with E-state index in [4.69, 9.17) is 10.5 Å². The van der Waals surface area contributed by atoms with E-state index in [9.17, 15) is 8.42 Å². The maximum absolute atomic E-state index is 12.6. The molecule has 0 radical (unpaired) electrons. The van der Waals surface area contributed by atoms with Crippen molar-refractivity contribution in [2.24, 2.45) is 11.1 Å². The van der Waals surface area contributed by atoms with Gasteiger partial charge < -0.3 is 10.5 Å². The number of nitrogens with zero attached hydrogens (tertiary/aromatic N) is 1. The lowest BCUT2D eigenvalue weighted by atomic mass is 9.90. The molecule has 1 saturated heterocycles. The van der Waals surface area contributed by atoms with E-state index in [2.05, 4.69) is 0 Å². The number of nitrogens with two attached hydrogens (primary N) is 1. The number of hydrogen-bond acceptors (Lipinski definition) is 4. The highest BCUT2D eigenvalue weighted by atomic mass is 32.2. The zero-order chi connectivity index (χ0) is 14.1. The van der Waals surface area contributed by atoms with Crippen LogP contribution in [0.4, 0.5) is 0 Å². The van der Waals surface area contributed by atoms with Gasteiger partial charge in [-0.05, 0) is 30.5 Å². The van der Waals surface area contributed by atoms with Crippen LogP contribution in [0.15, 0.2) is 29.2 Å². The third-order valence-electron chi connectivity index (χ3n) is 3.70. The SMILES string of the molecule is COc1ccccc1S(=O)(=O)N1CCC(C)(CN)C1. The summed E-state index contributed by atoms with van der Waals surface area (Å²) in [6, 6.07) is 6.69. The van der Waals surface area contributed by atoms with Crippen molar-refractivity contribution in [1.29, 1.82) is 0 Å². The number of hydrogen-bond donors (Lipinski definition) is 1. The van der Waals surface area contributed by atoms with E-state index in [0.29, 0.717) is 25.4 Å². The fourth-order valence-electron chi connectivity index (χ4n) is 2.32. The van der Waals surface area contributed by atoms with Gasteiger partial charge in [-0.1, -0.05) is 19.1 Å². The monoisotopic (exact) mass is 284 g/mol. The van der Waals surface area contributed by atoms with E-state index in [0.717, 1.165) is 6.42 Å². The van der Waals surface area contributed by atoms with Gasteiger partial charge in [0.1, 0.15) is 10.6 Å². The largest absolute Gasteiger partial charge is 0.495 e. The quantitative estimate of drug-likeness (QED) is 0.897. The number of para-hydroxylation sites is 1. The Balaban J connectivity index is 2.34. The summed E-state index contributed by atoms with van der Waals surface area (Å²) in [7, 11) is -2.04. The van der Waals surface area contributed by atoms with Gasteiger partial charge in [0.05, 0.1) is 7.11 Å². The van der Waals surface area contributed by atoms with Crippen molar-refractivity contribution in [1.82, 2.24) is 4.31 Å². The van der Waals surface area contributed by atoms with Gasteiger partial charge in [0.2, 0.25) is 10.0 Å². The van der Waals surface area contributed by atoms with Crippen LogP contribution in [-0.2, 0) is 10.0 Å². The van der Waals surface area contributed by atoms with E-state index >= 15 is 0 Å². The minimum Gasteiger partial charge on any atom is -0.495 e. The number of rotatable bonds is 4. The van der Waals surface area contributed by atoms with Crippen molar-refractivity contribution in [3.63, 3.8) is 0 Å². The second-order valence-electron chi connectivity index (χ2n) is 5.25. The van der Waals surface area contributed by atoms with Crippen LogP contribution in [-0.4, -0.2) is 39.5 Å². The summed E-state index contributed by atoms with van der Waals surface area (Å²) in [5.41, 5.74) is 5.59. The van der Waals surface area contributed by atoms with Gasteiger partial charge in [0.15, 0.2) is 0 Å². The van der Waals surface area contributed by atoms with Gasteiger partial charge in [-0.25, -0.2) is 8.42 Å². The van der Waals surface area contributed by atoms with Gasteiger partial charge >= 0.3 is 0 Å². The van der Waals surface area contributed by atoms with Gasteiger partial charge in [-0.15, -0.1) is 0 Å². The lowest BCUT2D eigenvalue weighted by Gasteiger charge is -2.22. The molecule has 6 heteroatoms. The molecule has 5 nitrogen and oxygen atoms in total. The normalized spacial score (nSPS) is 24.6. The summed E-state index contributed by atoms with van der Waals surface area (Å²) >= 11 is 0. The molecule has 2 rings (SSSR count). The Morgan fingerprint density at radius 3 is 2.68 bits per heavy atom. The van der Waals surface area contributed by atoms with Crippen molar-refractivity contribution >= 4 is 10.0 Å². The Morgan fingerprint density at radius 1 is 1.42 bits per heavy atom. The molecule has 0 aromatic heterocycles. The second kappa shape index (κ2) is 5.11. The van der Waals surface area contributed by atoms with Gasteiger partial charge in [-0.3, -0.25) is 0 Å². The van der Waals surface area contributed by atoms with E-state index in [-0.39, 0.29) is 10.3 Å². The predicted octanol–water partition coefficient (Wildman–Crippen LogP) is 1.05. The molecule has 1 aliphatic rings. The first-order valence-corrected chi connectivity index (χ1v) is 7.70. The molecule has 0 saturated carbocycles. The Hall–Kier alpha value is -1.11. The minimum absolute atomic E-state index is 0.130. The highest BCUT2D eigenvalue weighted by Crippen LogP contribution is 2.34. The van der Waals surface area contributed by atoms with Gasteiger partial charge in [-0.2, -0.15) is 4.31 Å². The smallest absolute Gasteiger partial charge is 0.246 e. The topological polar surface area (TPSA) is 72.6 Å². The van der Waals surface area contributed by atoms with E-state index in [1.807, 2.05) is 6.92 Å². The third-order valence-corrected chi connectivity index (χ3v) is 5.59. The van der Waals surface area contributed by atoms with E-state index < -0.39 is 10.0 Å². The van der Waals surface area contributed by atoms with Crippen LogP contribution in [0.1, 0.15) is 13.3 Å². The van der Waals surface area contributed by atoms with Crippen LogP contribution in [0, 0.1) is 5.41 Å². The van der Waals surface area contributed by atoms with Crippen LogP contribution in [0.2, 0.25) is 0 Å². The summed E-state index contributed by atoms with van der Waals surface area (Å²) < 4.78 is 31.9. The predicted molar refractivity (Wildman–Crippen MR) is 73.5 cm³/mol. The molecule has 1 aromatic rings. The molecule has 1 fully saturated rings. The molecule has 19 heavy (non-hydrogen) atoms. The second-order valence-corrected chi connectivity index (χ2v) is 7.16. The Bertz CT molecular complexity index is 559. The minimum atomic E-state index is -3.51. The van der Waals surface area contributed by atoms with Crippen LogP contribution >= 0.6 is 0 Å². The van der Waals surface area contributed by atoms with E-state index in [1.165, 1.54) is 11.4 Å². The van der Waals surface area contributed by atoms with Crippen LogP contribution in [0.5, 0.6) is 5.75 Å². The Labute approximate surface area is 114 Å². The maximum Gasteiger partial charge on any atom is 0.246 e. The molecule has 0 aliphatic carbocycles. The van der Waals surface area contributed by atoms with Crippen LogP contribution in [0.3, 0.4) is 0 Å². The molecule has 1 aromatic carbocycles. The summed E-state index contributed by atoms with van der Waals surface area (Å²) in [5, 5.41) is 0. The Morgan fingerprint density at radius 2 is 2.11 bits per heavy atom. The summed E-state index contributed by atoms with van der Waals surface area (Å²) in [6.45, 7) is 3.48. The van der Waals surface area contributed by atoms with Crippen molar-refractivity contribution < 1.29 is 13.2 Å². The van der Waals surface area contributed by atoms with Gasteiger partial charge in [0, 0.05) is 13.1 Å². The highest BCUT2D eigenvalue weighted by molar-refractivity contribution is 7.89. The van der Waals surface area contributed by atoms with Crippen molar-refractivity contribution in [2.45, 2.75) is 18.2 Å². The van der Waals surface area contributed by atoms with Crippen molar-refractivity contribution in [3.8, 4) is 5.75 Å². The number of sulfonamides is 1. The zero-order valence-electron chi connectivity index (χ0n) is 11.3. The molecular formula is C13H20N2O3S. The molecule has 106 valence electrons. The molecule has 0 spiro atoms. The molecule has 1 atom stereocenters. The lowest BCUT2D eigenvalue weighted by Crippen LogP contribution is -2.34. The summed E-state index contributed by atoms with van der Waals surface area (Å²) in [6.07, 6.45) is 0.790. The number of ether oxygens (including phenoxy) is 1. The standard InChI is InChI=1S/C13H20N2O3S/c1-13(9-14)7-8-15(10-13)19(16,17)12-6-4-3-5-11(12)18-2/h3-6H,7-10,14H2,1-2H3.